The Morgan fingerprint density at radius 2 is 2.38 bits per heavy atom. The molecule has 0 N–H and O–H groups in total. The molecule has 0 saturated heterocycles. The first-order valence-electron chi connectivity index (χ1n) is 3.92. The van der Waals surface area contributed by atoms with Crippen LogP contribution in [0.2, 0.25) is 0 Å². The van der Waals surface area contributed by atoms with Crippen molar-refractivity contribution >= 4 is 16.9 Å². The van der Waals surface area contributed by atoms with E-state index in [1.165, 1.54) is 11.3 Å². The van der Waals surface area contributed by atoms with Gasteiger partial charge in [0.1, 0.15) is 0 Å². The summed E-state index contributed by atoms with van der Waals surface area (Å²) in [7, 11) is 0. The lowest BCUT2D eigenvalue weighted by atomic mass is 10.3. The van der Waals surface area contributed by atoms with E-state index < -0.39 is 0 Å². The fourth-order valence-electron chi connectivity index (χ4n) is 1.04. The van der Waals surface area contributed by atoms with E-state index in [2.05, 4.69) is 11.6 Å². The summed E-state index contributed by atoms with van der Waals surface area (Å²) < 4.78 is 5.18. The number of nitrogens with zero attached hydrogens (tertiary/aromatic N) is 1. The number of thiophene rings is 1. The molecule has 0 saturated carbocycles. The van der Waals surface area contributed by atoms with Gasteiger partial charge in [0, 0.05) is 4.88 Å². The molecule has 0 bridgehead atoms. The van der Waals surface area contributed by atoms with Crippen molar-refractivity contribution in [2.24, 2.45) is 0 Å². The van der Waals surface area contributed by atoms with Gasteiger partial charge in [-0.1, -0.05) is 6.58 Å². The third-order valence-corrected chi connectivity index (χ3v) is 2.96. The molecule has 0 atom stereocenters. The van der Waals surface area contributed by atoms with Crippen molar-refractivity contribution in [1.82, 2.24) is 4.98 Å². The van der Waals surface area contributed by atoms with Crippen LogP contribution in [0.5, 0.6) is 0 Å². The third kappa shape index (κ3) is 1.55. The highest BCUT2D eigenvalue weighted by atomic mass is 32.1. The summed E-state index contributed by atoms with van der Waals surface area (Å²) in [4.78, 5) is 6.15. The van der Waals surface area contributed by atoms with Gasteiger partial charge in [-0.15, -0.1) is 11.3 Å². The number of oxazole rings is 1. The van der Waals surface area contributed by atoms with Gasteiger partial charge in [0.2, 0.25) is 0 Å². The largest absolute Gasteiger partial charge is 0.443 e. The fourth-order valence-corrected chi connectivity index (χ4v) is 1.92. The second kappa shape index (κ2) is 3.18. The second-order valence-electron chi connectivity index (χ2n) is 2.81. The summed E-state index contributed by atoms with van der Waals surface area (Å²) >= 11 is 1.67. The van der Waals surface area contributed by atoms with E-state index in [4.69, 9.17) is 4.42 Å². The Morgan fingerprint density at radius 1 is 1.54 bits per heavy atom. The van der Waals surface area contributed by atoms with E-state index in [9.17, 15) is 0 Å². The Bertz CT molecular complexity index is 414. The van der Waals surface area contributed by atoms with Crippen LogP contribution in [0.3, 0.4) is 0 Å². The van der Waals surface area contributed by atoms with Gasteiger partial charge in [0.25, 0.3) is 0 Å². The van der Waals surface area contributed by atoms with Crippen LogP contribution < -0.4 is 0 Å². The monoisotopic (exact) mass is 191 g/mol. The topological polar surface area (TPSA) is 26.0 Å². The molecule has 2 aromatic heterocycles. The summed E-state index contributed by atoms with van der Waals surface area (Å²) in [6, 6.07) is 4.07. The molecule has 0 spiro atoms. The molecule has 0 unspecified atom stereocenters. The predicted octanol–water partition coefficient (Wildman–Crippen LogP) is 3.44. The van der Waals surface area contributed by atoms with Gasteiger partial charge in [0.15, 0.2) is 12.2 Å². The molecule has 2 aromatic rings. The SMILES string of the molecule is C=C(C)c1ccc(-c2cnco2)s1. The van der Waals surface area contributed by atoms with Crippen LogP contribution in [0.15, 0.2) is 35.7 Å². The van der Waals surface area contributed by atoms with E-state index in [0.717, 1.165) is 16.2 Å². The van der Waals surface area contributed by atoms with Crippen LogP contribution in [-0.4, -0.2) is 4.98 Å². The Labute approximate surface area is 80.5 Å². The van der Waals surface area contributed by atoms with Gasteiger partial charge < -0.3 is 4.42 Å². The summed E-state index contributed by atoms with van der Waals surface area (Å²) in [5.41, 5.74) is 1.08. The molecule has 3 heteroatoms. The maximum absolute atomic E-state index is 5.18. The van der Waals surface area contributed by atoms with Gasteiger partial charge in [-0.2, -0.15) is 0 Å². The van der Waals surface area contributed by atoms with Crippen molar-refractivity contribution in [2.45, 2.75) is 6.92 Å². The van der Waals surface area contributed by atoms with Gasteiger partial charge in [0.05, 0.1) is 11.1 Å². The van der Waals surface area contributed by atoms with Gasteiger partial charge in [-0.25, -0.2) is 4.98 Å². The van der Waals surface area contributed by atoms with Crippen molar-refractivity contribution < 1.29 is 4.42 Å². The van der Waals surface area contributed by atoms with E-state index in [-0.39, 0.29) is 0 Å². The Hall–Kier alpha value is -1.35. The minimum atomic E-state index is 0.817. The summed E-state index contributed by atoms with van der Waals surface area (Å²) in [5, 5.41) is 0. The number of rotatable bonds is 2. The highest BCUT2D eigenvalue weighted by Crippen LogP contribution is 2.30. The first kappa shape index (κ1) is 8.26. The molecule has 66 valence electrons. The van der Waals surface area contributed by atoms with Crippen molar-refractivity contribution in [1.29, 1.82) is 0 Å². The first-order chi connectivity index (χ1) is 6.27. The van der Waals surface area contributed by atoms with E-state index in [0.29, 0.717) is 0 Å². The van der Waals surface area contributed by atoms with E-state index in [1.807, 2.05) is 19.1 Å². The average molecular weight is 191 g/mol. The molecule has 0 fully saturated rings. The molecule has 0 aliphatic carbocycles. The molecular formula is C10H9NOS. The zero-order valence-corrected chi connectivity index (χ0v) is 8.10. The third-order valence-electron chi connectivity index (χ3n) is 1.70. The molecule has 2 heterocycles. The standard InChI is InChI=1S/C10H9NOS/c1-7(2)9-3-4-10(13-9)8-5-11-6-12-8/h3-6H,1H2,2H3. The lowest BCUT2D eigenvalue weighted by Gasteiger charge is -1.89. The molecule has 2 nitrogen and oxygen atoms in total. The number of aromatic nitrogens is 1. The number of hydrogen-bond acceptors (Lipinski definition) is 3. The normalized spacial score (nSPS) is 10.2. The summed E-state index contributed by atoms with van der Waals surface area (Å²) in [6.45, 7) is 5.88. The Morgan fingerprint density at radius 3 is 2.92 bits per heavy atom. The van der Waals surface area contributed by atoms with Gasteiger partial charge >= 0.3 is 0 Å². The molecule has 0 amide bonds. The second-order valence-corrected chi connectivity index (χ2v) is 3.89. The van der Waals surface area contributed by atoms with Crippen LogP contribution in [0.25, 0.3) is 16.2 Å². The molecule has 0 aliphatic rings. The molecular weight excluding hydrogens is 182 g/mol. The smallest absolute Gasteiger partial charge is 0.181 e. The summed E-state index contributed by atoms with van der Waals surface area (Å²) in [5.74, 6) is 0.817. The predicted molar refractivity (Wildman–Crippen MR) is 54.5 cm³/mol. The number of allylic oxidation sites excluding steroid dienone is 1. The Balaban J connectivity index is 2.39. The summed E-state index contributed by atoms with van der Waals surface area (Å²) in [6.07, 6.45) is 3.16. The van der Waals surface area contributed by atoms with Crippen LogP contribution in [0, 0.1) is 0 Å². The van der Waals surface area contributed by atoms with Gasteiger partial charge in [-0.05, 0) is 24.6 Å². The lowest BCUT2D eigenvalue weighted by molar-refractivity contribution is 0.573. The fraction of sp³-hybridized carbons (Fsp3) is 0.100. The maximum Gasteiger partial charge on any atom is 0.181 e. The van der Waals surface area contributed by atoms with Crippen molar-refractivity contribution in [3.8, 4) is 10.6 Å². The number of hydrogen-bond donors (Lipinski definition) is 0. The van der Waals surface area contributed by atoms with Crippen LogP contribution in [0.4, 0.5) is 0 Å². The van der Waals surface area contributed by atoms with Crippen LogP contribution >= 0.6 is 11.3 Å². The minimum Gasteiger partial charge on any atom is -0.443 e. The van der Waals surface area contributed by atoms with E-state index in [1.54, 1.807) is 17.5 Å². The van der Waals surface area contributed by atoms with Crippen molar-refractivity contribution in [3.05, 3.63) is 36.2 Å². The molecule has 0 aromatic carbocycles. The highest BCUT2D eigenvalue weighted by molar-refractivity contribution is 7.16. The Kier molecular flexibility index (Phi) is 2.02. The molecule has 0 aliphatic heterocycles. The van der Waals surface area contributed by atoms with Crippen LogP contribution in [0.1, 0.15) is 11.8 Å². The van der Waals surface area contributed by atoms with Gasteiger partial charge in [-0.3, -0.25) is 0 Å². The zero-order valence-electron chi connectivity index (χ0n) is 7.28. The van der Waals surface area contributed by atoms with Crippen LogP contribution in [-0.2, 0) is 0 Å². The maximum atomic E-state index is 5.18. The zero-order chi connectivity index (χ0) is 9.26. The first-order valence-corrected chi connectivity index (χ1v) is 4.73. The minimum absolute atomic E-state index is 0.817. The quantitative estimate of drug-likeness (QED) is 0.726. The molecule has 2 rings (SSSR count). The van der Waals surface area contributed by atoms with E-state index >= 15 is 0 Å². The average Bonchev–Trinajstić information content (AvgIpc) is 2.75. The van der Waals surface area contributed by atoms with Crippen molar-refractivity contribution in [3.63, 3.8) is 0 Å². The molecule has 13 heavy (non-hydrogen) atoms. The van der Waals surface area contributed by atoms with Crippen molar-refractivity contribution in [2.75, 3.05) is 0 Å². The lowest BCUT2D eigenvalue weighted by Crippen LogP contribution is -1.63. The molecule has 0 radical (unpaired) electrons. The highest BCUT2D eigenvalue weighted by Gasteiger charge is 2.05.